The van der Waals surface area contributed by atoms with Crippen LogP contribution >= 0.6 is 22.9 Å². The van der Waals surface area contributed by atoms with E-state index in [1.54, 1.807) is 11.3 Å². The number of thiophene rings is 1. The zero-order chi connectivity index (χ0) is 13.9. The number of halogens is 1. The van der Waals surface area contributed by atoms with Crippen molar-refractivity contribution in [1.82, 2.24) is 10.2 Å². The van der Waals surface area contributed by atoms with Gasteiger partial charge in [0.15, 0.2) is 11.0 Å². The van der Waals surface area contributed by atoms with E-state index in [1.165, 1.54) is 4.88 Å². The minimum absolute atomic E-state index is 0.455. The smallest absolute Gasteiger partial charge is 0.159 e. The second-order valence-corrected chi connectivity index (χ2v) is 5.84. The van der Waals surface area contributed by atoms with E-state index in [-0.39, 0.29) is 0 Å². The van der Waals surface area contributed by atoms with E-state index < -0.39 is 0 Å². The monoisotopic (exact) mass is 303 g/mol. The molecule has 0 N–H and O–H groups in total. The zero-order valence-corrected chi connectivity index (χ0v) is 12.7. The maximum absolute atomic E-state index is 6.13. The molecule has 5 heteroatoms. The van der Waals surface area contributed by atoms with Crippen LogP contribution in [0.25, 0.3) is 10.8 Å². The molecule has 0 amide bonds. The van der Waals surface area contributed by atoms with Gasteiger partial charge in [0.1, 0.15) is 0 Å². The topological polar surface area (TPSA) is 29.0 Å². The number of rotatable bonds is 4. The Bertz CT molecular complexity index is 712. The van der Waals surface area contributed by atoms with Crippen molar-refractivity contribution in [1.29, 1.82) is 0 Å². The highest BCUT2D eigenvalue weighted by Gasteiger charge is 2.13. The van der Waals surface area contributed by atoms with Crippen LogP contribution in [-0.2, 0) is 6.54 Å². The minimum Gasteiger partial charge on any atom is -0.350 e. The lowest BCUT2D eigenvalue weighted by Crippen LogP contribution is -2.23. The van der Waals surface area contributed by atoms with Gasteiger partial charge in [-0.1, -0.05) is 41.9 Å². The third-order valence-electron chi connectivity index (χ3n) is 3.23. The Hall–Kier alpha value is -1.65. The van der Waals surface area contributed by atoms with Crippen molar-refractivity contribution >= 4 is 39.5 Å². The van der Waals surface area contributed by atoms with E-state index >= 15 is 0 Å². The molecule has 0 atom stereocenters. The Morgan fingerprint density at radius 2 is 1.90 bits per heavy atom. The predicted molar refractivity (Wildman–Crippen MR) is 85.6 cm³/mol. The highest BCUT2D eigenvalue weighted by Crippen LogP contribution is 2.29. The molecule has 0 bridgehead atoms. The van der Waals surface area contributed by atoms with Crippen LogP contribution in [0.4, 0.5) is 5.82 Å². The van der Waals surface area contributed by atoms with Crippen LogP contribution in [0.3, 0.4) is 0 Å². The molecule has 0 aliphatic rings. The number of fused-ring (bicyclic) bond motifs is 1. The molecular weight excluding hydrogens is 290 g/mol. The number of aromatic nitrogens is 2. The van der Waals surface area contributed by atoms with Crippen molar-refractivity contribution in [3.05, 3.63) is 51.8 Å². The molecule has 2 aromatic heterocycles. The Kier molecular flexibility index (Phi) is 3.85. The van der Waals surface area contributed by atoms with E-state index in [1.807, 2.05) is 24.3 Å². The first-order chi connectivity index (χ1) is 9.79. The van der Waals surface area contributed by atoms with Crippen molar-refractivity contribution in [2.45, 2.75) is 13.5 Å². The molecular formula is C15H14ClN3S. The molecule has 3 nitrogen and oxygen atoms in total. The Morgan fingerprint density at radius 3 is 2.60 bits per heavy atom. The predicted octanol–water partition coefficient (Wildman–Crippen LogP) is 4.37. The lowest BCUT2D eigenvalue weighted by molar-refractivity contribution is 0.811. The van der Waals surface area contributed by atoms with Crippen LogP contribution in [0.15, 0.2) is 41.8 Å². The Balaban J connectivity index is 2.05. The highest BCUT2D eigenvalue weighted by atomic mass is 35.5. The van der Waals surface area contributed by atoms with Gasteiger partial charge in [-0.05, 0) is 18.4 Å². The lowest BCUT2D eigenvalue weighted by atomic mass is 10.2. The van der Waals surface area contributed by atoms with Crippen LogP contribution in [0.5, 0.6) is 0 Å². The van der Waals surface area contributed by atoms with Crippen molar-refractivity contribution in [2.24, 2.45) is 0 Å². The summed E-state index contributed by atoms with van der Waals surface area (Å²) in [6, 6.07) is 12.2. The van der Waals surface area contributed by atoms with Crippen LogP contribution in [0.1, 0.15) is 11.8 Å². The summed E-state index contributed by atoms with van der Waals surface area (Å²) < 4.78 is 0. The number of nitrogens with zero attached hydrogens (tertiary/aromatic N) is 3. The van der Waals surface area contributed by atoms with Crippen LogP contribution in [-0.4, -0.2) is 16.7 Å². The molecule has 1 aromatic carbocycles. The summed E-state index contributed by atoms with van der Waals surface area (Å²) >= 11 is 7.88. The van der Waals surface area contributed by atoms with Gasteiger partial charge in [0.25, 0.3) is 0 Å². The van der Waals surface area contributed by atoms with Crippen LogP contribution in [0.2, 0.25) is 5.15 Å². The summed E-state index contributed by atoms with van der Waals surface area (Å²) in [5.74, 6) is 0.890. The van der Waals surface area contributed by atoms with Crippen LogP contribution < -0.4 is 4.90 Å². The quantitative estimate of drug-likeness (QED) is 0.716. The van der Waals surface area contributed by atoms with Crippen molar-refractivity contribution < 1.29 is 0 Å². The van der Waals surface area contributed by atoms with Gasteiger partial charge in [0.2, 0.25) is 0 Å². The van der Waals surface area contributed by atoms with E-state index in [9.17, 15) is 0 Å². The minimum atomic E-state index is 0.455. The first-order valence-electron chi connectivity index (χ1n) is 6.48. The lowest BCUT2D eigenvalue weighted by Gasteiger charge is -2.22. The fourth-order valence-corrected chi connectivity index (χ4v) is 3.14. The van der Waals surface area contributed by atoms with Gasteiger partial charge in [0.05, 0.1) is 6.54 Å². The second kappa shape index (κ2) is 5.77. The summed E-state index contributed by atoms with van der Waals surface area (Å²) in [5.41, 5.74) is 0. The molecule has 20 heavy (non-hydrogen) atoms. The normalized spacial score (nSPS) is 10.9. The van der Waals surface area contributed by atoms with E-state index in [2.05, 4.69) is 39.5 Å². The van der Waals surface area contributed by atoms with Gasteiger partial charge in [-0.15, -0.1) is 21.5 Å². The average molecular weight is 304 g/mol. The Labute approximate surface area is 126 Å². The number of hydrogen-bond acceptors (Lipinski definition) is 4. The fraction of sp³-hybridized carbons (Fsp3) is 0.200. The SMILES string of the molecule is CCN(Cc1cccs1)c1nnc(Cl)c2ccccc12. The molecule has 0 saturated carbocycles. The van der Waals surface area contributed by atoms with Gasteiger partial charge in [0, 0.05) is 22.2 Å². The first-order valence-corrected chi connectivity index (χ1v) is 7.73. The molecule has 0 fully saturated rings. The number of benzene rings is 1. The third kappa shape index (κ3) is 2.49. The molecule has 102 valence electrons. The van der Waals surface area contributed by atoms with E-state index in [0.717, 1.165) is 29.7 Å². The maximum Gasteiger partial charge on any atom is 0.159 e. The molecule has 0 saturated heterocycles. The van der Waals surface area contributed by atoms with Gasteiger partial charge in [-0.2, -0.15) is 0 Å². The largest absolute Gasteiger partial charge is 0.350 e. The molecule has 0 spiro atoms. The highest BCUT2D eigenvalue weighted by molar-refractivity contribution is 7.09. The van der Waals surface area contributed by atoms with Gasteiger partial charge >= 0.3 is 0 Å². The average Bonchev–Trinajstić information content (AvgIpc) is 2.99. The summed E-state index contributed by atoms with van der Waals surface area (Å²) in [7, 11) is 0. The summed E-state index contributed by atoms with van der Waals surface area (Å²) in [5, 5.41) is 12.9. The second-order valence-electron chi connectivity index (χ2n) is 4.45. The van der Waals surface area contributed by atoms with Crippen molar-refractivity contribution in [2.75, 3.05) is 11.4 Å². The fourth-order valence-electron chi connectivity index (χ4n) is 2.22. The van der Waals surface area contributed by atoms with Gasteiger partial charge < -0.3 is 4.90 Å². The Morgan fingerprint density at radius 1 is 1.10 bits per heavy atom. The molecule has 2 heterocycles. The number of hydrogen-bond donors (Lipinski definition) is 0. The van der Waals surface area contributed by atoms with Crippen LogP contribution in [0, 0.1) is 0 Å². The third-order valence-corrected chi connectivity index (χ3v) is 4.37. The zero-order valence-electron chi connectivity index (χ0n) is 11.1. The summed E-state index contributed by atoms with van der Waals surface area (Å²) in [6.45, 7) is 3.84. The molecule has 0 aliphatic carbocycles. The summed E-state index contributed by atoms with van der Waals surface area (Å²) in [4.78, 5) is 3.53. The molecule has 0 unspecified atom stereocenters. The maximum atomic E-state index is 6.13. The number of anilines is 1. The van der Waals surface area contributed by atoms with Gasteiger partial charge in [-0.3, -0.25) is 0 Å². The molecule has 0 aliphatic heterocycles. The van der Waals surface area contributed by atoms with Crippen molar-refractivity contribution in [3.63, 3.8) is 0 Å². The van der Waals surface area contributed by atoms with Gasteiger partial charge in [-0.25, -0.2) is 0 Å². The molecule has 3 aromatic rings. The van der Waals surface area contributed by atoms with E-state index in [0.29, 0.717) is 5.15 Å². The van der Waals surface area contributed by atoms with Crippen molar-refractivity contribution in [3.8, 4) is 0 Å². The first kappa shape index (κ1) is 13.3. The molecule has 0 radical (unpaired) electrons. The standard InChI is InChI=1S/C15H14ClN3S/c1-2-19(10-11-6-5-9-20-11)15-13-8-4-3-7-12(13)14(16)17-18-15/h3-9H,2,10H2,1H3. The summed E-state index contributed by atoms with van der Waals surface area (Å²) in [6.07, 6.45) is 0. The van der Waals surface area contributed by atoms with E-state index in [4.69, 9.17) is 11.6 Å². The molecule has 3 rings (SSSR count).